The van der Waals surface area contributed by atoms with Gasteiger partial charge in [-0.1, -0.05) is 18.2 Å². The van der Waals surface area contributed by atoms with Gasteiger partial charge in [0.05, 0.1) is 0 Å². The van der Waals surface area contributed by atoms with Gasteiger partial charge in [-0.05, 0) is 43.4 Å². The second-order valence-corrected chi connectivity index (χ2v) is 6.86. The van der Waals surface area contributed by atoms with Gasteiger partial charge in [-0.15, -0.1) is 0 Å². The summed E-state index contributed by atoms with van der Waals surface area (Å²) in [6.45, 7) is 6.74. The van der Waals surface area contributed by atoms with E-state index in [-0.39, 0.29) is 5.92 Å². The summed E-state index contributed by atoms with van der Waals surface area (Å²) in [5.74, 6) is 1.50. The van der Waals surface area contributed by atoms with Crippen LogP contribution in [-0.4, -0.2) is 26.9 Å². The van der Waals surface area contributed by atoms with Gasteiger partial charge in [-0.3, -0.25) is 4.79 Å². The molecular formula is C19H23N3O. The first-order chi connectivity index (χ1) is 11.1. The molecule has 1 aromatic carbocycles. The van der Waals surface area contributed by atoms with Crippen LogP contribution in [0.4, 0.5) is 0 Å². The summed E-state index contributed by atoms with van der Waals surface area (Å²) in [5, 5.41) is 0. The number of hydrogen-bond acceptors (Lipinski definition) is 2. The Morgan fingerprint density at radius 2 is 2.13 bits per heavy atom. The van der Waals surface area contributed by atoms with E-state index in [0.29, 0.717) is 5.91 Å². The number of nitrogens with zero attached hydrogens (tertiary/aromatic N) is 3. The normalized spacial score (nSPS) is 20.1. The average Bonchev–Trinajstić information content (AvgIpc) is 2.95. The number of aryl methyl sites for hydroxylation is 2. The highest BCUT2D eigenvalue weighted by atomic mass is 16.2. The van der Waals surface area contributed by atoms with Crippen molar-refractivity contribution in [3.63, 3.8) is 0 Å². The predicted octanol–water partition coefficient (Wildman–Crippen LogP) is 2.65. The number of carbonyl (C=O) groups excluding carboxylic acids is 1. The summed E-state index contributed by atoms with van der Waals surface area (Å²) < 4.78 is 2.25. The van der Waals surface area contributed by atoms with Gasteiger partial charge in [0.15, 0.2) is 0 Å². The van der Waals surface area contributed by atoms with Crippen LogP contribution in [0.2, 0.25) is 0 Å². The molecule has 4 heteroatoms. The molecule has 1 aromatic heterocycles. The van der Waals surface area contributed by atoms with E-state index in [2.05, 4.69) is 39.6 Å². The van der Waals surface area contributed by atoms with Gasteiger partial charge in [0, 0.05) is 43.9 Å². The molecule has 1 atom stereocenters. The zero-order valence-corrected chi connectivity index (χ0v) is 13.9. The van der Waals surface area contributed by atoms with Crippen molar-refractivity contribution in [2.75, 3.05) is 6.54 Å². The molecule has 0 radical (unpaired) electrons. The Kier molecular flexibility index (Phi) is 3.47. The molecule has 23 heavy (non-hydrogen) atoms. The Bertz CT molecular complexity index is 762. The van der Waals surface area contributed by atoms with E-state index in [0.717, 1.165) is 44.7 Å². The van der Waals surface area contributed by atoms with E-state index in [9.17, 15) is 4.79 Å². The number of imidazole rings is 1. The van der Waals surface area contributed by atoms with Crippen LogP contribution in [0.3, 0.4) is 0 Å². The Labute approximate surface area is 137 Å². The maximum Gasteiger partial charge on any atom is 0.226 e. The summed E-state index contributed by atoms with van der Waals surface area (Å²) in [7, 11) is 0. The minimum absolute atomic E-state index is 0.116. The number of hydrogen-bond donors (Lipinski definition) is 0. The highest BCUT2D eigenvalue weighted by molar-refractivity contribution is 5.79. The maximum absolute atomic E-state index is 13.0. The molecule has 0 spiro atoms. The second-order valence-electron chi connectivity index (χ2n) is 6.86. The van der Waals surface area contributed by atoms with Crippen LogP contribution >= 0.6 is 0 Å². The number of carbonyl (C=O) groups is 1. The summed E-state index contributed by atoms with van der Waals surface area (Å²) in [6, 6.07) is 6.44. The molecule has 2 aliphatic heterocycles. The maximum atomic E-state index is 13.0. The topological polar surface area (TPSA) is 38.1 Å². The van der Waals surface area contributed by atoms with Crippen molar-refractivity contribution in [2.24, 2.45) is 5.92 Å². The lowest BCUT2D eigenvalue weighted by Crippen LogP contribution is -2.42. The van der Waals surface area contributed by atoms with Crippen molar-refractivity contribution in [3.05, 3.63) is 52.6 Å². The summed E-state index contributed by atoms with van der Waals surface area (Å²) in [6.07, 6.45) is 4.68. The van der Waals surface area contributed by atoms with Crippen molar-refractivity contribution in [1.82, 2.24) is 14.5 Å². The summed E-state index contributed by atoms with van der Waals surface area (Å²) in [5.41, 5.74) is 5.32. The molecular weight excluding hydrogens is 286 g/mol. The standard InChI is InChI=1S/C19H23N3O/c1-13-4-3-5-16-12-21(8-7-18(13)16)19(23)15-6-9-22-14(2)20-11-17(22)10-15/h3-5,11,15H,6-10,12H2,1-2H3/t15-/m0/s1. The van der Waals surface area contributed by atoms with Crippen LogP contribution in [0.15, 0.2) is 24.4 Å². The summed E-state index contributed by atoms with van der Waals surface area (Å²) >= 11 is 0. The minimum Gasteiger partial charge on any atom is -0.338 e. The quantitative estimate of drug-likeness (QED) is 0.812. The molecule has 0 bridgehead atoms. The lowest BCUT2D eigenvalue weighted by Gasteiger charge is -2.34. The average molecular weight is 309 g/mol. The van der Waals surface area contributed by atoms with Crippen LogP contribution in [0.5, 0.6) is 0 Å². The van der Waals surface area contributed by atoms with Crippen LogP contribution in [-0.2, 0) is 30.7 Å². The molecule has 2 aliphatic rings. The first kappa shape index (κ1) is 14.5. The van der Waals surface area contributed by atoms with Gasteiger partial charge in [0.1, 0.15) is 5.82 Å². The predicted molar refractivity (Wildman–Crippen MR) is 89.1 cm³/mol. The molecule has 0 N–H and O–H groups in total. The van der Waals surface area contributed by atoms with Crippen molar-refractivity contribution >= 4 is 5.91 Å². The third-order valence-electron chi connectivity index (χ3n) is 5.46. The van der Waals surface area contributed by atoms with Gasteiger partial charge in [0.2, 0.25) is 5.91 Å². The van der Waals surface area contributed by atoms with E-state index in [1.165, 1.54) is 22.4 Å². The Morgan fingerprint density at radius 1 is 1.26 bits per heavy atom. The van der Waals surface area contributed by atoms with E-state index in [4.69, 9.17) is 0 Å². The highest BCUT2D eigenvalue weighted by Gasteiger charge is 2.31. The number of benzene rings is 1. The lowest BCUT2D eigenvalue weighted by atomic mass is 9.91. The Hall–Kier alpha value is -2.10. The molecule has 4 rings (SSSR count). The Balaban J connectivity index is 1.50. The molecule has 1 amide bonds. The van der Waals surface area contributed by atoms with Crippen LogP contribution in [0.1, 0.15) is 34.6 Å². The first-order valence-corrected chi connectivity index (χ1v) is 8.50. The van der Waals surface area contributed by atoms with E-state index in [1.54, 1.807) is 0 Å². The number of fused-ring (bicyclic) bond motifs is 2. The molecule has 2 aromatic rings. The lowest BCUT2D eigenvalue weighted by molar-refractivity contribution is -0.137. The van der Waals surface area contributed by atoms with Crippen molar-refractivity contribution in [3.8, 4) is 0 Å². The number of amides is 1. The van der Waals surface area contributed by atoms with E-state index in [1.807, 2.05) is 13.1 Å². The van der Waals surface area contributed by atoms with Gasteiger partial charge in [-0.2, -0.15) is 0 Å². The van der Waals surface area contributed by atoms with Crippen LogP contribution < -0.4 is 0 Å². The zero-order chi connectivity index (χ0) is 16.0. The smallest absolute Gasteiger partial charge is 0.226 e. The Morgan fingerprint density at radius 3 is 3.00 bits per heavy atom. The van der Waals surface area contributed by atoms with Gasteiger partial charge < -0.3 is 9.47 Å². The number of aromatic nitrogens is 2. The third-order valence-corrected chi connectivity index (χ3v) is 5.46. The van der Waals surface area contributed by atoms with Gasteiger partial charge >= 0.3 is 0 Å². The fourth-order valence-electron chi connectivity index (χ4n) is 4.08. The van der Waals surface area contributed by atoms with Gasteiger partial charge in [-0.25, -0.2) is 4.98 Å². The van der Waals surface area contributed by atoms with Crippen molar-refractivity contribution in [2.45, 2.75) is 46.2 Å². The SMILES string of the molecule is Cc1cccc2c1CCN(C(=O)[C@H]1CCn3c(cnc3C)C1)C2. The largest absolute Gasteiger partial charge is 0.338 e. The molecule has 0 unspecified atom stereocenters. The molecule has 0 saturated carbocycles. The minimum atomic E-state index is 0.116. The molecule has 0 saturated heterocycles. The highest BCUT2D eigenvalue weighted by Crippen LogP contribution is 2.27. The fourth-order valence-corrected chi connectivity index (χ4v) is 4.08. The monoisotopic (exact) mass is 309 g/mol. The number of rotatable bonds is 1. The first-order valence-electron chi connectivity index (χ1n) is 8.50. The molecule has 4 nitrogen and oxygen atoms in total. The third kappa shape index (κ3) is 2.46. The van der Waals surface area contributed by atoms with Gasteiger partial charge in [0.25, 0.3) is 0 Å². The molecule has 0 fully saturated rings. The molecule has 0 aliphatic carbocycles. The van der Waals surface area contributed by atoms with Crippen LogP contribution in [0, 0.1) is 19.8 Å². The van der Waals surface area contributed by atoms with E-state index >= 15 is 0 Å². The summed E-state index contributed by atoms with van der Waals surface area (Å²) in [4.78, 5) is 19.4. The molecule has 120 valence electrons. The fraction of sp³-hybridized carbons (Fsp3) is 0.474. The van der Waals surface area contributed by atoms with Crippen molar-refractivity contribution < 1.29 is 4.79 Å². The second kappa shape index (κ2) is 5.52. The van der Waals surface area contributed by atoms with E-state index < -0.39 is 0 Å². The van der Waals surface area contributed by atoms with Crippen molar-refractivity contribution in [1.29, 1.82) is 0 Å². The zero-order valence-electron chi connectivity index (χ0n) is 13.9. The molecule has 3 heterocycles. The van der Waals surface area contributed by atoms with Crippen LogP contribution in [0.25, 0.3) is 0 Å².